The topological polar surface area (TPSA) is 277 Å². The lowest BCUT2D eigenvalue weighted by molar-refractivity contribution is 0.114. The molecule has 4 fully saturated rings. The maximum atomic E-state index is 13.0. The van der Waals surface area contributed by atoms with Gasteiger partial charge < -0.3 is 30.1 Å². The van der Waals surface area contributed by atoms with Gasteiger partial charge in [-0.25, -0.2) is 29.0 Å². The normalized spacial score (nSPS) is 15.5. The predicted molar refractivity (Wildman–Crippen MR) is 458 cm³/mol. The minimum atomic E-state index is -0.160. The summed E-state index contributed by atoms with van der Waals surface area (Å²) >= 11 is 0. The molecule has 0 radical (unpaired) electrons. The lowest BCUT2D eigenvalue weighted by atomic mass is 9.90. The molecule has 0 atom stereocenters. The van der Waals surface area contributed by atoms with Gasteiger partial charge in [0, 0.05) is 131 Å². The summed E-state index contributed by atoms with van der Waals surface area (Å²) < 4.78 is 19.9. The Labute approximate surface area is 674 Å². The van der Waals surface area contributed by atoms with E-state index in [9.17, 15) is 19.2 Å². The summed E-state index contributed by atoms with van der Waals surface area (Å²) in [6.07, 6.45) is 22.0. The van der Waals surface area contributed by atoms with Crippen LogP contribution < -0.4 is 42.5 Å². The molecule has 14 aromatic heterocycles. The van der Waals surface area contributed by atoms with Gasteiger partial charge in [-0.2, -0.15) is 20.4 Å². The van der Waals surface area contributed by atoms with Crippen LogP contribution in [-0.2, 0) is 14.1 Å². The highest BCUT2D eigenvalue weighted by atomic mass is 16.5. The third-order valence-corrected chi connectivity index (χ3v) is 23.1. The summed E-state index contributed by atoms with van der Waals surface area (Å²) in [4.78, 5) is 86.9. The molecule has 117 heavy (non-hydrogen) atoms. The van der Waals surface area contributed by atoms with E-state index in [2.05, 4.69) is 99.8 Å². The smallest absolute Gasteiger partial charge is 0.258 e. The van der Waals surface area contributed by atoms with Gasteiger partial charge in [-0.05, 0) is 221 Å². The molecule has 598 valence electrons. The first-order valence-corrected chi connectivity index (χ1v) is 40.5. The molecule has 0 bridgehead atoms. The number of fused-ring (bicyclic) bond motifs is 8. The van der Waals surface area contributed by atoms with E-state index in [0.29, 0.717) is 63.0 Å². The Kier molecular flexibility index (Phi) is 21.3. The first-order valence-electron chi connectivity index (χ1n) is 40.5. The standard InChI is InChI=1S/C24H27N5O.C22H24N6O2.C22H23N5O.C21H23N7O/c1-4-28-9-7-17(8-10-28)19-11-16(2)24-25-22(13-23(30)29(24)15-19)18-5-6-21-20(12-18)14-27(3)26-21;1-14-12-28-20(15(2)23-14)10-19(25-28)18-11-22(29)27-13-17(4-5-21(27)24-18)30-16-6-8-26(3)9-7-16;1-14-9-17(15-5-7-23-8-6-15)13-27-21(28)11-20(24-22(14)27)16-3-4-19-18(10-16)12-26(2)25-19;1-13-8-16(26-6-4-22-5-7-26)12-27-20(29)10-17(24-21(13)27)18-9-19-15(3)23-14(2)11-28(19)25-18/h5-6,11-15,17H,4,7-10H2,1-3H3;4-5,10-13,16H,6-9H2,1-3H3;3-4,9-13,15,23H,5-8H2,1-2H3;8-12,22H,4-7H2,1-3H3. The Hall–Kier alpha value is -12.5. The minimum Gasteiger partial charge on any atom is -0.489 e. The number of piperazine rings is 1. The number of likely N-dealkylation sites (tertiary alicyclic amines) is 2. The van der Waals surface area contributed by atoms with Crippen LogP contribution in [0.1, 0.15) is 108 Å². The van der Waals surface area contributed by atoms with Crippen LogP contribution in [-0.4, -0.2) is 181 Å². The Balaban J connectivity index is 0.000000112. The van der Waals surface area contributed by atoms with E-state index in [0.717, 1.165) is 211 Å². The Morgan fingerprint density at radius 1 is 0.410 bits per heavy atom. The Morgan fingerprint density at radius 3 is 1.41 bits per heavy atom. The number of rotatable bonds is 10. The number of nitrogens with zero attached hydrogens (tertiary/aromatic N) is 21. The molecule has 2 aromatic carbocycles. The number of anilines is 1. The molecule has 28 heteroatoms. The van der Waals surface area contributed by atoms with Crippen molar-refractivity contribution in [1.82, 2.24) is 107 Å². The molecule has 18 heterocycles. The first kappa shape index (κ1) is 77.1. The molecule has 0 saturated carbocycles. The lowest BCUT2D eigenvalue weighted by Crippen LogP contribution is -2.43. The highest BCUT2D eigenvalue weighted by Crippen LogP contribution is 2.33. The number of hydrogen-bond acceptors (Lipinski definition) is 20. The zero-order valence-electron chi connectivity index (χ0n) is 68.1. The number of hydrogen-bond donors (Lipinski definition) is 2. The van der Waals surface area contributed by atoms with Crippen LogP contribution in [0.4, 0.5) is 5.69 Å². The quantitative estimate of drug-likeness (QED) is 0.129. The molecule has 20 rings (SSSR count). The second-order valence-corrected chi connectivity index (χ2v) is 31.8. The molecule has 4 saturated heterocycles. The number of ether oxygens (including phenoxy) is 1. The molecule has 0 spiro atoms. The van der Waals surface area contributed by atoms with E-state index >= 15 is 0 Å². The van der Waals surface area contributed by atoms with Crippen molar-refractivity contribution in [2.24, 2.45) is 14.1 Å². The average Bonchev–Trinajstić information content (AvgIpc) is 1.58. The van der Waals surface area contributed by atoms with Crippen molar-refractivity contribution in [2.45, 2.75) is 112 Å². The van der Waals surface area contributed by atoms with Crippen molar-refractivity contribution < 1.29 is 4.74 Å². The highest BCUT2D eigenvalue weighted by Gasteiger charge is 2.25. The number of piperidine rings is 3. The summed E-state index contributed by atoms with van der Waals surface area (Å²) in [5, 5.41) is 26.9. The van der Waals surface area contributed by atoms with Crippen LogP contribution in [0.25, 0.3) is 101 Å². The van der Waals surface area contributed by atoms with E-state index in [1.165, 1.54) is 21.6 Å². The monoisotopic (exact) mass is 1570 g/mol. The third kappa shape index (κ3) is 16.2. The lowest BCUT2D eigenvalue weighted by Gasteiger charge is -2.31. The largest absolute Gasteiger partial charge is 0.489 e. The van der Waals surface area contributed by atoms with Crippen LogP contribution in [0.5, 0.6) is 5.75 Å². The third-order valence-electron chi connectivity index (χ3n) is 23.1. The van der Waals surface area contributed by atoms with Crippen LogP contribution in [0, 0.1) is 48.5 Å². The molecule has 0 unspecified atom stereocenters. The molecular weight excluding hydrogens is 1470 g/mol. The maximum absolute atomic E-state index is 13.0. The molecule has 4 aliphatic heterocycles. The van der Waals surface area contributed by atoms with Crippen molar-refractivity contribution in [1.29, 1.82) is 0 Å². The van der Waals surface area contributed by atoms with Gasteiger partial charge in [0.05, 0.1) is 91.9 Å². The maximum Gasteiger partial charge on any atom is 0.258 e. The number of benzene rings is 2. The summed E-state index contributed by atoms with van der Waals surface area (Å²) in [6.45, 7) is 27.3. The van der Waals surface area contributed by atoms with Crippen LogP contribution in [0.15, 0.2) is 172 Å². The fourth-order valence-corrected chi connectivity index (χ4v) is 16.9. The van der Waals surface area contributed by atoms with Crippen LogP contribution >= 0.6 is 0 Å². The van der Waals surface area contributed by atoms with Gasteiger partial charge in [0.15, 0.2) is 0 Å². The van der Waals surface area contributed by atoms with Gasteiger partial charge in [-0.1, -0.05) is 31.2 Å². The summed E-state index contributed by atoms with van der Waals surface area (Å²) in [5.41, 5.74) is 21.9. The fourth-order valence-electron chi connectivity index (χ4n) is 16.9. The molecule has 0 amide bonds. The van der Waals surface area contributed by atoms with Gasteiger partial charge >= 0.3 is 0 Å². The van der Waals surface area contributed by atoms with Gasteiger partial charge in [0.25, 0.3) is 22.2 Å². The molecule has 0 aliphatic carbocycles. The van der Waals surface area contributed by atoms with Crippen LogP contribution in [0.3, 0.4) is 0 Å². The first-order chi connectivity index (χ1) is 56.5. The Morgan fingerprint density at radius 2 is 0.880 bits per heavy atom. The van der Waals surface area contributed by atoms with Crippen molar-refractivity contribution in [2.75, 3.05) is 83.9 Å². The molecular formula is C89H97N23O5. The van der Waals surface area contributed by atoms with Crippen molar-refractivity contribution in [3.8, 4) is 51.0 Å². The van der Waals surface area contributed by atoms with Crippen LogP contribution in [0.2, 0.25) is 0 Å². The average molecular weight is 1570 g/mol. The molecule has 16 aromatic rings. The van der Waals surface area contributed by atoms with E-state index in [1.54, 1.807) is 56.0 Å². The minimum absolute atomic E-state index is 0.0303. The second-order valence-electron chi connectivity index (χ2n) is 31.8. The van der Waals surface area contributed by atoms with Gasteiger partial charge in [0.2, 0.25) is 0 Å². The molecule has 2 N–H and O–H groups in total. The summed E-state index contributed by atoms with van der Waals surface area (Å²) in [7, 11) is 5.94. The summed E-state index contributed by atoms with van der Waals surface area (Å²) in [6, 6.07) is 32.4. The number of aromatic nitrogens is 18. The Bertz CT molecular complexity index is 6750. The van der Waals surface area contributed by atoms with Crippen molar-refractivity contribution >= 4 is 61.1 Å². The fraction of sp³-hybridized carbons (Fsp3) is 0.348. The second kappa shape index (κ2) is 32.3. The van der Waals surface area contributed by atoms with E-state index in [1.807, 2.05) is 160 Å². The number of nitrogens with one attached hydrogen (secondary N) is 2. The number of aryl methyl sites for hydroxylation is 9. The zero-order chi connectivity index (χ0) is 81.0. The van der Waals surface area contributed by atoms with Gasteiger partial charge in [-0.3, -0.25) is 56.1 Å². The molecule has 28 nitrogen and oxygen atoms in total. The van der Waals surface area contributed by atoms with Crippen molar-refractivity contribution in [3.05, 3.63) is 245 Å². The summed E-state index contributed by atoms with van der Waals surface area (Å²) in [5.74, 6) is 1.71. The zero-order valence-corrected chi connectivity index (χ0v) is 68.1. The van der Waals surface area contributed by atoms with E-state index in [4.69, 9.17) is 19.7 Å². The molecule has 4 aliphatic rings. The number of pyridine rings is 4. The van der Waals surface area contributed by atoms with Gasteiger partial charge in [0.1, 0.15) is 45.8 Å². The SMILES string of the molecule is CCN1CCC(c2cc(C)c3nc(-c4ccc5nn(C)cc5c4)cc(=O)n3c2)CC1.Cc1cc(C2CCNCC2)cn2c(=O)cc(-c3ccc4nn(C)cc4c3)nc12.Cc1cn2nc(-c3cc(=O)n4cc(N5CCNCC5)cc(C)c4n3)cc2c(C)n1.Cc1cn2nc(-c3cc(=O)n4cc(OC5CCN(C)CC5)ccc4n3)cc2c(C)n1. The van der Waals surface area contributed by atoms with E-state index in [-0.39, 0.29) is 28.3 Å². The predicted octanol–water partition coefficient (Wildman–Crippen LogP) is 11.0. The highest BCUT2D eigenvalue weighted by molar-refractivity contribution is 5.85. The van der Waals surface area contributed by atoms with Crippen molar-refractivity contribution in [3.63, 3.8) is 0 Å². The van der Waals surface area contributed by atoms with E-state index < -0.39 is 0 Å². The van der Waals surface area contributed by atoms with Gasteiger partial charge in [-0.15, -0.1) is 0 Å².